The summed E-state index contributed by atoms with van der Waals surface area (Å²) in [5.74, 6) is 2.35. The van der Waals surface area contributed by atoms with E-state index in [0.29, 0.717) is 35.1 Å². The number of aliphatic hydroxyl groups excluding tert-OH is 1. The molecule has 0 fully saturated rings. The molecule has 7 nitrogen and oxygen atoms in total. The van der Waals surface area contributed by atoms with Crippen LogP contribution in [-0.4, -0.2) is 42.9 Å². The molecule has 2 heterocycles. The molecule has 0 aliphatic carbocycles. The summed E-state index contributed by atoms with van der Waals surface area (Å²) in [7, 11) is 1.60. The summed E-state index contributed by atoms with van der Waals surface area (Å²) in [5, 5.41) is 10.1. The van der Waals surface area contributed by atoms with E-state index in [0.717, 1.165) is 0 Å². The van der Waals surface area contributed by atoms with Crippen LogP contribution >= 0.6 is 0 Å². The van der Waals surface area contributed by atoms with Crippen molar-refractivity contribution < 1.29 is 19.3 Å². The number of aliphatic hydroxyl groups is 1. The summed E-state index contributed by atoms with van der Waals surface area (Å²) in [6.45, 7) is 0.456. The Hall–Kier alpha value is -3.61. The molecule has 1 atom stereocenters. The third kappa shape index (κ3) is 3.82. The molecule has 1 N–H and O–H groups in total. The van der Waals surface area contributed by atoms with E-state index in [2.05, 4.69) is 15.0 Å². The van der Waals surface area contributed by atoms with Crippen molar-refractivity contribution in [1.82, 2.24) is 0 Å². The van der Waals surface area contributed by atoms with E-state index in [1.165, 1.54) is 0 Å². The molecule has 1 unspecified atom stereocenters. The highest BCUT2D eigenvalue weighted by Gasteiger charge is 2.26. The number of dihydropyridines is 1. The van der Waals surface area contributed by atoms with Gasteiger partial charge in [-0.05, 0) is 30.3 Å². The maximum atomic E-state index is 10.1. The molecular formula is C20H17N3O4. The van der Waals surface area contributed by atoms with Crippen LogP contribution in [0.4, 0.5) is 0 Å². The zero-order valence-corrected chi connectivity index (χ0v) is 14.6. The van der Waals surface area contributed by atoms with Crippen LogP contribution in [0.2, 0.25) is 0 Å². The quantitative estimate of drug-likeness (QED) is 0.900. The number of amidine groups is 1. The molecule has 0 bridgehead atoms. The first-order valence-corrected chi connectivity index (χ1v) is 8.37. The van der Waals surface area contributed by atoms with Crippen LogP contribution in [0.1, 0.15) is 0 Å². The summed E-state index contributed by atoms with van der Waals surface area (Å²) in [6, 6.07) is 14.2. The highest BCUT2D eigenvalue weighted by atomic mass is 16.5. The number of hydrogen-bond acceptors (Lipinski definition) is 6. The number of ether oxygens (including phenoxy) is 3. The summed E-state index contributed by atoms with van der Waals surface area (Å²) in [4.78, 5) is 12.6. The molecular weight excluding hydrogens is 346 g/mol. The van der Waals surface area contributed by atoms with E-state index < -0.39 is 0 Å². The fourth-order valence-electron chi connectivity index (χ4n) is 2.71. The van der Waals surface area contributed by atoms with Gasteiger partial charge in [0.2, 0.25) is 5.90 Å². The van der Waals surface area contributed by atoms with Crippen molar-refractivity contribution in [2.24, 2.45) is 15.0 Å². The van der Waals surface area contributed by atoms with Gasteiger partial charge in [-0.2, -0.15) is 4.99 Å². The van der Waals surface area contributed by atoms with Crippen LogP contribution in [0.3, 0.4) is 0 Å². The Bertz CT molecular complexity index is 979. The molecule has 0 radical (unpaired) electrons. The summed E-state index contributed by atoms with van der Waals surface area (Å²) in [6.07, 6.45) is 3.34. The highest BCUT2D eigenvalue weighted by Crippen LogP contribution is 2.28. The number of benzene rings is 2. The summed E-state index contributed by atoms with van der Waals surface area (Å²) >= 11 is 0. The lowest BCUT2D eigenvalue weighted by Crippen LogP contribution is -2.29. The van der Waals surface area contributed by atoms with Crippen molar-refractivity contribution in [3.8, 4) is 23.0 Å². The number of allylic oxidation sites excluding steroid dienone is 1. The van der Waals surface area contributed by atoms with E-state index in [4.69, 9.17) is 14.2 Å². The van der Waals surface area contributed by atoms with Crippen LogP contribution in [0.15, 0.2) is 75.2 Å². The van der Waals surface area contributed by atoms with Crippen molar-refractivity contribution in [1.29, 1.82) is 0 Å². The van der Waals surface area contributed by atoms with Gasteiger partial charge in [-0.3, -0.25) is 4.99 Å². The van der Waals surface area contributed by atoms with E-state index in [1.54, 1.807) is 43.7 Å². The number of hydrogen-bond donors (Lipinski definition) is 1. The monoisotopic (exact) mass is 363 g/mol. The van der Waals surface area contributed by atoms with E-state index in [1.807, 2.05) is 24.3 Å². The van der Waals surface area contributed by atoms with E-state index in [-0.39, 0.29) is 18.0 Å². The Morgan fingerprint density at radius 3 is 2.37 bits per heavy atom. The second-order valence-corrected chi connectivity index (χ2v) is 5.86. The average Bonchev–Trinajstić information content (AvgIpc) is 2.68. The predicted molar refractivity (Wildman–Crippen MR) is 103 cm³/mol. The predicted octanol–water partition coefficient (Wildman–Crippen LogP) is 3.57. The number of nitrogens with zero attached hydrogens (tertiary/aromatic N) is 3. The normalized spacial score (nSPS) is 18.0. The maximum Gasteiger partial charge on any atom is 0.321 e. The second-order valence-electron chi connectivity index (χ2n) is 5.86. The molecule has 7 heteroatoms. The smallest absolute Gasteiger partial charge is 0.321 e. The van der Waals surface area contributed by atoms with Crippen LogP contribution in [-0.2, 0) is 0 Å². The first-order chi connectivity index (χ1) is 13.2. The number of methoxy groups -OCH3 is 1. The van der Waals surface area contributed by atoms with Crippen molar-refractivity contribution in [3.63, 3.8) is 0 Å². The van der Waals surface area contributed by atoms with Crippen molar-refractivity contribution in [2.45, 2.75) is 6.04 Å². The molecule has 0 amide bonds. The fraction of sp³-hybridized carbons (Fsp3) is 0.150. The second kappa shape index (κ2) is 7.33. The molecule has 136 valence electrons. The summed E-state index contributed by atoms with van der Waals surface area (Å²) in [5.41, 5.74) is 0.646. The molecule has 0 saturated carbocycles. The minimum atomic E-state index is -0.279. The lowest BCUT2D eigenvalue weighted by Gasteiger charge is -2.20. The van der Waals surface area contributed by atoms with Crippen LogP contribution in [0.5, 0.6) is 23.0 Å². The maximum absolute atomic E-state index is 10.1. The first-order valence-electron chi connectivity index (χ1n) is 8.37. The largest absolute Gasteiger partial charge is 0.497 e. The van der Waals surface area contributed by atoms with Gasteiger partial charge in [0.15, 0.2) is 0 Å². The van der Waals surface area contributed by atoms with Gasteiger partial charge in [0.1, 0.15) is 29.0 Å². The van der Waals surface area contributed by atoms with Crippen LogP contribution in [0, 0.1) is 0 Å². The number of aliphatic imine (C=N–C) groups is 3. The van der Waals surface area contributed by atoms with Gasteiger partial charge in [-0.25, -0.2) is 4.99 Å². The van der Waals surface area contributed by atoms with Gasteiger partial charge >= 0.3 is 6.02 Å². The highest BCUT2D eigenvalue weighted by molar-refractivity contribution is 6.05. The molecule has 0 spiro atoms. The van der Waals surface area contributed by atoms with Crippen molar-refractivity contribution >= 4 is 18.1 Å². The minimum Gasteiger partial charge on any atom is -0.497 e. The Labute approximate surface area is 156 Å². The molecule has 2 aromatic carbocycles. The fourth-order valence-corrected chi connectivity index (χ4v) is 2.71. The molecule has 0 saturated heterocycles. The van der Waals surface area contributed by atoms with Crippen molar-refractivity contribution in [3.05, 3.63) is 60.2 Å². The molecule has 2 aliphatic heterocycles. The molecule has 4 rings (SSSR count). The third-order valence-corrected chi connectivity index (χ3v) is 4.01. The van der Waals surface area contributed by atoms with E-state index in [9.17, 15) is 5.11 Å². The topological polar surface area (TPSA) is 85.0 Å². The Morgan fingerprint density at radius 1 is 0.963 bits per heavy atom. The zero-order chi connectivity index (χ0) is 18.6. The van der Waals surface area contributed by atoms with Gasteiger partial charge in [0, 0.05) is 23.9 Å². The average molecular weight is 363 g/mol. The minimum absolute atomic E-state index is 0.0882. The number of rotatable bonds is 4. The molecule has 0 aromatic heterocycles. The van der Waals surface area contributed by atoms with Crippen LogP contribution < -0.4 is 14.2 Å². The van der Waals surface area contributed by atoms with Gasteiger partial charge in [-0.1, -0.05) is 12.1 Å². The molecule has 2 aliphatic rings. The van der Waals surface area contributed by atoms with Gasteiger partial charge in [-0.15, -0.1) is 0 Å². The molecule has 27 heavy (non-hydrogen) atoms. The van der Waals surface area contributed by atoms with E-state index >= 15 is 0 Å². The Balaban J connectivity index is 1.51. The SMILES string of the molecule is COc1cccc(Oc2cccc(OC3=NC4CN=CC=C4C(O)=N3)c2)c1. The lowest BCUT2D eigenvalue weighted by molar-refractivity contribution is 0.409. The third-order valence-electron chi connectivity index (χ3n) is 4.01. The standard InChI is InChI=1S/C20H17N3O4/c1-25-13-4-2-5-14(10-13)26-15-6-3-7-16(11-15)27-20-22-18-12-21-9-8-17(18)19(24)23-20/h2-11,18H,12H2,1H3,(H,22,23,24). The van der Waals surface area contributed by atoms with Gasteiger partial charge in [0.05, 0.1) is 13.7 Å². The Morgan fingerprint density at radius 2 is 1.63 bits per heavy atom. The van der Waals surface area contributed by atoms with Crippen LogP contribution in [0.25, 0.3) is 0 Å². The lowest BCUT2D eigenvalue weighted by atomic mass is 10.1. The van der Waals surface area contributed by atoms with Gasteiger partial charge in [0.25, 0.3) is 0 Å². The number of fused-ring (bicyclic) bond motifs is 1. The van der Waals surface area contributed by atoms with Crippen molar-refractivity contribution in [2.75, 3.05) is 13.7 Å². The Kier molecular flexibility index (Phi) is 4.57. The molecule has 2 aromatic rings. The zero-order valence-electron chi connectivity index (χ0n) is 14.6. The summed E-state index contributed by atoms with van der Waals surface area (Å²) < 4.78 is 16.8. The van der Waals surface area contributed by atoms with Gasteiger partial charge < -0.3 is 19.3 Å². The first kappa shape index (κ1) is 16.8.